The average Bonchev–Trinajstić information content (AvgIpc) is 2.27. The molecule has 1 saturated carbocycles. The maximum atomic E-state index is 11.4. The van der Waals surface area contributed by atoms with Crippen LogP contribution >= 0.6 is 11.6 Å². The molecule has 0 bridgehead atoms. The molecule has 1 aliphatic rings. The van der Waals surface area contributed by atoms with Crippen molar-refractivity contribution in [3.05, 3.63) is 0 Å². The molecule has 0 aliphatic heterocycles. The largest absolute Gasteiger partial charge is 0.510 e. The molecule has 0 spiro atoms. The molecule has 0 saturated heterocycles. The van der Waals surface area contributed by atoms with E-state index in [1.165, 1.54) is 6.42 Å². The molecule has 0 amide bonds. The van der Waals surface area contributed by atoms with Gasteiger partial charge in [0.2, 0.25) is 0 Å². The lowest BCUT2D eigenvalue weighted by Crippen LogP contribution is -2.23. The van der Waals surface area contributed by atoms with Crippen molar-refractivity contribution in [1.82, 2.24) is 0 Å². The van der Waals surface area contributed by atoms with E-state index in [0.29, 0.717) is 6.42 Å². The summed E-state index contributed by atoms with van der Waals surface area (Å²) in [5.74, 6) is 0. The highest BCUT2D eigenvalue weighted by Crippen LogP contribution is 2.21. The van der Waals surface area contributed by atoms with Gasteiger partial charge in [-0.05, 0) is 38.5 Å². The minimum atomic E-state index is -0.608. The Morgan fingerprint density at radius 3 is 2.69 bits per heavy atom. The molecule has 4 heteroatoms. The highest BCUT2D eigenvalue weighted by Gasteiger charge is 2.20. The predicted octanol–water partition coefficient (Wildman–Crippen LogP) is 4.23. The van der Waals surface area contributed by atoms with Crippen LogP contribution < -0.4 is 0 Å². The van der Waals surface area contributed by atoms with Gasteiger partial charge in [0.25, 0.3) is 0 Å². The lowest BCUT2D eigenvalue weighted by molar-refractivity contribution is 0.00322. The van der Waals surface area contributed by atoms with Crippen LogP contribution in [0.1, 0.15) is 58.3 Å². The standard InChI is InChI=1S/C12H21ClO3/c1-2-3-9-11(13)16-12(14)15-10-7-5-4-6-8-10/h10-11H,2-9H2,1H3. The van der Waals surface area contributed by atoms with E-state index < -0.39 is 11.7 Å². The maximum Gasteiger partial charge on any atom is 0.510 e. The summed E-state index contributed by atoms with van der Waals surface area (Å²) in [6.45, 7) is 2.07. The molecule has 0 aromatic carbocycles. The third-order valence-corrected chi connectivity index (χ3v) is 3.13. The summed E-state index contributed by atoms with van der Waals surface area (Å²) >= 11 is 5.85. The van der Waals surface area contributed by atoms with E-state index in [0.717, 1.165) is 38.5 Å². The molecule has 1 fully saturated rings. The Kier molecular flexibility index (Phi) is 6.62. The fourth-order valence-electron chi connectivity index (χ4n) is 1.87. The first kappa shape index (κ1) is 13.6. The molecule has 0 radical (unpaired) electrons. The van der Waals surface area contributed by atoms with Crippen LogP contribution in [-0.4, -0.2) is 17.8 Å². The van der Waals surface area contributed by atoms with Crippen molar-refractivity contribution >= 4 is 17.8 Å². The zero-order chi connectivity index (χ0) is 11.8. The Hall–Kier alpha value is -0.440. The summed E-state index contributed by atoms with van der Waals surface area (Å²) in [6.07, 6.45) is 7.56. The van der Waals surface area contributed by atoms with Crippen molar-refractivity contribution in [2.45, 2.75) is 70.0 Å². The maximum absolute atomic E-state index is 11.4. The molecule has 16 heavy (non-hydrogen) atoms. The first-order chi connectivity index (χ1) is 7.72. The molecule has 3 nitrogen and oxygen atoms in total. The SMILES string of the molecule is CCCCC(Cl)OC(=O)OC1CCCCC1. The summed E-state index contributed by atoms with van der Waals surface area (Å²) in [5.41, 5.74) is -0.545. The zero-order valence-electron chi connectivity index (χ0n) is 9.91. The molecule has 94 valence electrons. The van der Waals surface area contributed by atoms with Gasteiger partial charge in [0.15, 0.2) is 5.56 Å². The second-order valence-electron chi connectivity index (χ2n) is 4.30. The van der Waals surface area contributed by atoms with E-state index in [1.54, 1.807) is 0 Å². The quantitative estimate of drug-likeness (QED) is 0.540. The van der Waals surface area contributed by atoms with Gasteiger partial charge in [-0.25, -0.2) is 4.79 Å². The Bertz CT molecular complexity index is 202. The fraction of sp³-hybridized carbons (Fsp3) is 0.917. The second kappa shape index (κ2) is 7.77. The summed E-state index contributed by atoms with van der Waals surface area (Å²) in [4.78, 5) is 11.4. The van der Waals surface area contributed by atoms with Gasteiger partial charge in [0.1, 0.15) is 6.10 Å². The summed E-state index contributed by atoms with van der Waals surface area (Å²) in [6, 6.07) is 0. The van der Waals surface area contributed by atoms with Crippen LogP contribution in [0, 0.1) is 0 Å². The van der Waals surface area contributed by atoms with Crippen LogP contribution in [0.25, 0.3) is 0 Å². The van der Waals surface area contributed by atoms with E-state index in [9.17, 15) is 4.79 Å². The van der Waals surface area contributed by atoms with Crippen LogP contribution in [0.2, 0.25) is 0 Å². The van der Waals surface area contributed by atoms with Crippen LogP contribution in [0.3, 0.4) is 0 Å². The smallest absolute Gasteiger partial charge is 0.431 e. The molecule has 0 aromatic rings. The molecule has 1 rings (SSSR count). The normalized spacial score (nSPS) is 19.1. The number of hydrogen-bond acceptors (Lipinski definition) is 3. The van der Waals surface area contributed by atoms with Gasteiger partial charge >= 0.3 is 6.16 Å². The molecular formula is C12H21ClO3. The minimum absolute atomic E-state index is 0.0382. The highest BCUT2D eigenvalue weighted by atomic mass is 35.5. The highest BCUT2D eigenvalue weighted by molar-refractivity contribution is 6.20. The monoisotopic (exact) mass is 248 g/mol. The lowest BCUT2D eigenvalue weighted by atomic mass is 9.98. The van der Waals surface area contributed by atoms with Crippen molar-refractivity contribution in [3.63, 3.8) is 0 Å². The molecular weight excluding hydrogens is 228 g/mol. The van der Waals surface area contributed by atoms with Crippen molar-refractivity contribution < 1.29 is 14.3 Å². The van der Waals surface area contributed by atoms with E-state index in [4.69, 9.17) is 21.1 Å². The Labute approximate surface area is 102 Å². The number of carbonyl (C=O) groups excluding carboxylic acids is 1. The molecule has 0 aromatic heterocycles. The summed E-state index contributed by atoms with van der Waals surface area (Å²) < 4.78 is 10.2. The number of halogens is 1. The van der Waals surface area contributed by atoms with Crippen LogP contribution in [0.5, 0.6) is 0 Å². The van der Waals surface area contributed by atoms with Crippen LogP contribution in [0.4, 0.5) is 4.79 Å². The fourth-order valence-corrected chi connectivity index (χ4v) is 2.10. The number of alkyl halides is 1. The Morgan fingerprint density at radius 1 is 1.38 bits per heavy atom. The zero-order valence-corrected chi connectivity index (χ0v) is 10.7. The third-order valence-electron chi connectivity index (χ3n) is 2.82. The number of rotatable bonds is 5. The van der Waals surface area contributed by atoms with Gasteiger partial charge in [-0.15, -0.1) is 0 Å². The number of unbranched alkanes of at least 4 members (excludes halogenated alkanes) is 1. The summed E-state index contributed by atoms with van der Waals surface area (Å²) in [5, 5.41) is 0. The van der Waals surface area contributed by atoms with Crippen LogP contribution in [0.15, 0.2) is 0 Å². The lowest BCUT2D eigenvalue weighted by Gasteiger charge is -2.22. The van der Waals surface area contributed by atoms with Crippen molar-refractivity contribution in [1.29, 1.82) is 0 Å². The molecule has 0 N–H and O–H groups in total. The van der Waals surface area contributed by atoms with Gasteiger partial charge in [-0.1, -0.05) is 31.4 Å². The van der Waals surface area contributed by atoms with E-state index >= 15 is 0 Å². The molecule has 1 unspecified atom stereocenters. The van der Waals surface area contributed by atoms with Crippen molar-refractivity contribution in [2.24, 2.45) is 0 Å². The van der Waals surface area contributed by atoms with Gasteiger partial charge in [-0.2, -0.15) is 0 Å². The Morgan fingerprint density at radius 2 is 2.06 bits per heavy atom. The van der Waals surface area contributed by atoms with Crippen LogP contribution in [-0.2, 0) is 9.47 Å². The van der Waals surface area contributed by atoms with Gasteiger partial charge in [-0.3, -0.25) is 0 Å². The summed E-state index contributed by atoms with van der Waals surface area (Å²) in [7, 11) is 0. The van der Waals surface area contributed by atoms with Crippen molar-refractivity contribution in [2.75, 3.05) is 0 Å². The second-order valence-corrected chi connectivity index (χ2v) is 4.78. The number of hydrogen-bond donors (Lipinski definition) is 0. The van der Waals surface area contributed by atoms with E-state index in [2.05, 4.69) is 6.92 Å². The molecule has 1 aliphatic carbocycles. The first-order valence-corrected chi connectivity index (χ1v) is 6.67. The first-order valence-electron chi connectivity index (χ1n) is 6.23. The van der Waals surface area contributed by atoms with Gasteiger partial charge in [0, 0.05) is 0 Å². The van der Waals surface area contributed by atoms with E-state index in [-0.39, 0.29) is 6.10 Å². The van der Waals surface area contributed by atoms with E-state index in [1.807, 2.05) is 0 Å². The number of carbonyl (C=O) groups is 1. The topological polar surface area (TPSA) is 35.5 Å². The predicted molar refractivity (Wildman–Crippen MR) is 63.6 cm³/mol. The van der Waals surface area contributed by atoms with Gasteiger partial charge < -0.3 is 9.47 Å². The average molecular weight is 249 g/mol. The molecule has 0 heterocycles. The Balaban J connectivity index is 2.13. The third kappa shape index (κ3) is 5.59. The number of ether oxygens (including phenoxy) is 2. The van der Waals surface area contributed by atoms with Gasteiger partial charge in [0.05, 0.1) is 0 Å². The molecule has 1 atom stereocenters. The minimum Gasteiger partial charge on any atom is -0.431 e. The van der Waals surface area contributed by atoms with Crippen molar-refractivity contribution in [3.8, 4) is 0 Å².